The Hall–Kier alpha value is -3.44. The van der Waals surface area contributed by atoms with E-state index in [0.717, 1.165) is 37.7 Å². The molecule has 0 N–H and O–H groups in total. The highest BCUT2D eigenvalue weighted by Gasteiger charge is 2.45. The average Bonchev–Trinajstić information content (AvgIpc) is 3.42. The lowest BCUT2D eigenvalue weighted by molar-refractivity contribution is -0.125. The van der Waals surface area contributed by atoms with E-state index < -0.39 is 0 Å². The van der Waals surface area contributed by atoms with Crippen molar-refractivity contribution in [1.29, 1.82) is 0 Å². The standard InChI is InChI=1S/C33H35NO4/c35-32(15-8-18-37-21-23-9-2-1-3-10-23)24-19-25-16-17-26(20-24)34(25)33(36)38-22-31-29-13-6-4-11-27(29)28-12-5-7-14-30(28)31/h1-7,9-14,24-26,31H,8,15-22H2. The maximum Gasteiger partial charge on any atom is 0.410 e. The number of ether oxygens (including phenoxy) is 2. The first kappa shape index (κ1) is 24.9. The highest BCUT2D eigenvalue weighted by molar-refractivity contribution is 5.82. The summed E-state index contributed by atoms with van der Waals surface area (Å²) < 4.78 is 11.7. The summed E-state index contributed by atoms with van der Waals surface area (Å²) in [6.07, 6.45) is 4.49. The Labute approximate surface area is 224 Å². The highest BCUT2D eigenvalue weighted by atomic mass is 16.6. The molecule has 2 bridgehead atoms. The number of carbonyl (C=O) groups is 2. The second-order valence-electron chi connectivity index (χ2n) is 10.9. The van der Waals surface area contributed by atoms with Crippen LogP contribution in [0.1, 0.15) is 61.1 Å². The number of ketones is 1. The quantitative estimate of drug-likeness (QED) is 0.300. The molecule has 0 saturated carbocycles. The fourth-order valence-corrected chi connectivity index (χ4v) is 6.72. The minimum Gasteiger partial charge on any atom is -0.448 e. The predicted molar refractivity (Wildman–Crippen MR) is 147 cm³/mol. The summed E-state index contributed by atoms with van der Waals surface area (Å²) in [7, 11) is 0. The lowest BCUT2D eigenvalue weighted by Crippen LogP contribution is -2.48. The van der Waals surface area contributed by atoms with Crippen molar-refractivity contribution in [3.8, 4) is 11.1 Å². The van der Waals surface area contributed by atoms with Gasteiger partial charge >= 0.3 is 6.09 Å². The minimum absolute atomic E-state index is 0.0410. The third-order valence-electron chi connectivity index (χ3n) is 8.56. The molecule has 2 aliphatic heterocycles. The van der Waals surface area contributed by atoms with Crippen molar-refractivity contribution < 1.29 is 19.1 Å². The number of nitrogens with zero attached hydrogens (tertiary/aromatic N) is 1. The fourth-order valence-electron chi connectivity index (χ4n) is 6.72. The SMILES string of the molecule is O=C(CCCOCc1ccccc1)C1CC2CCC(C1)N2C(=O)OCC1c2ccccc2-c2ccccc21. The number of fused-ring (bicyclic) bond motifs is 5. The maximum atomic E-state index is 13.3. The number of amides is 1. The van der Waals surface area contributed by atoms with Crippen LogP contribution in [0, 0.1) is 5.92 Å². The Morgan fingerprint density at radius 3 is 2.05 bits per heavy atom. The Morgan fingerprint density at radius 1 is 0.789 bits per heavy atom. The van der Waals surface area contributed by atoms with E-state index in [1.165, 1.54) is 22.3 Å². The largest absolute Gasteiger partial charge is 0.448 e. The molecular weight excluding hydrogens is 474 g/mol. The molecule has 0 radical (unpaired) electrons. The molecule has 0 aromatic heterocycles. The molecule has 6 rings (SSSR count). The third-order valence-corrected chi connectivity index (χ3v) is 8.56. The van der Waals surface area contributed by atoms with Crippen LogP contribution >= 0.6 is 0 Å². The summed E-state index contributed by atoms with van der Waals surface area (Å²) >= 11 is 0. The van der Waals surface area contributed by atoms with Gasteiger partial charge in [0, 0.05) is 36.9 Å². The van der Waals surface area contributed by atoms with E-state index >= 15 is 0 Å². The van der Waals surface area contributed by atoms with Crippen molar-refractivity contribution in [3.63, 3.8) is 0 Å². The van der Waals surface area contributed by atoms with Crippen LogP contribution in [0.4, 0.5) is 4.79 Å². The first-order valence-corrected chi connectivity index (χ1v) is 14.0. The lowest BCUT2D eigenvalue weighted by atomic mass is 9.86. The van der Waals surface area contributed by atoms with E-state index in [2.05, 4.69) is 48.5 Å². The summed E-state index contributed by atoms with van der Waals surface area (Å²) in [5, 5.41) is 0. The molecule has 1 aliphatic carbocycles. The van der Waals surface area contributed by atoms with Crippen LogP contribution in [0.15, 0.2) is 78.9 Å². The van der Waals surface area contributed by atoms with Crippen molar-refractivity contribution in [2.24, 2.45) is 5.92 Å². The third kappa shape index (κ3) is 5.00. The molecule has 5 heteroatoms. The van der Waals surface area contributed by atoms with Gasteiger partial charge in [0.1, 0.15) is 12.4 Å². The molecule has 2 fully saturated rings. The predicted octanol–water partition coefficient (Wildman–Crippen LogP) is 6.74. The number of rotatable bonds is 9. The van der Waals surface area contributed by atoms with Gasteiger partial charge in [-0.3, -0.25) is 4.79 Å². The van der Waals surface area contributed by atoms with Crippen LogP contribution in [-0.2, 0) is 20.9 Å². The molecule has 3 aromatic rings. The van der Waals surface area contributed by atoms with Crippen molar-refractivity contribution in [2.45, 2.75) is 63.1 Å². The number of carbonyl (C=O) groups excluding carboxylic acids is 2. The zero-order chi connectivity index (χ0) is 25.9. The van der Waals surface area contributed by atoms with Crippen molar-refractivity contribution >= 4 is 11.9 Å². The van der Waals surface area contributed by atoms with Gasteiger partial charge in [-0.05, 0) is 59.9 Å². The summed E-state index contributed by atoms with van der Waals surface area (Å²) in [6.45, 7) is 1.51. The van der Waals surface area contributed by atoms with E-state index in [1.807, 2.05) is 35.2 Å². The van der Waals surface area contributed by atoms with Crippen molar-refractivity contribution in [1.82, 2.24) is 4.90 Å². The number of piperidine rings is 1. The smallest absolute Gasteiger partial charge is 0.410 e. The first-order chi connectivity index (χ1) is 18.7. The molecule has 1 amide bonds. The van der Waals surface area contributed by atoms with E-state index in [0.29, 0.717) is 32.0 Å². The van der Waals surface area contributed by atoms with Crippen molar-refractivity contribution in [3.05, 3.63) is 95.6 Å². The molecule has 2 heterocycles. The Bertz CT molecular complexity index is 1230. The van der Waals surface area contributed by atoms with E-state index in [9.17, 15) is 9.59 Å². The molecule has 2 unspecified atom stereocenters. The van der Waals surface area contributed by atoms with Gasteiger partial charge in [0.2, 0.25) is 0 Å². The van der Waals surface area contributed by atoms with E-state index in [-0.39, 0.29) is 30.0 Å². The lowest BCUT2D eigenvalue weighted by Gasteiger charge is -2.37. The first-order valence-electron chi connectivity index (χ1n) is 14.0. The average molecular weight is 510 g/mol. The van der Waals surface area contributed by atoms with Crippen molar-refractivity contribution in [2.75, 3.05) is 13.2 Å². The zero-order valence-corrected chi connectivity index (χ0v) is 21.8. The van der Waals surface area contributed by atoms with Crippen LogP contribution in [0.5, 0.6) is 0 Å². The topological polar surface area (TPSA) is 55.8 Å². The molecule has 38 heavy (non-hydrogen) atoms. The van der Waals surface area contributed by atoms with Gasteiger partial charge in [-0.2, -0.15) is 0 Å². The van der Waals surface area contributed by atoms with Crippen LogP contribution in [0.2, 0.25) is 0 Å². The zero-order valence-electron chi connectivity index (χ0n) is 21.8. The molecule has 0 spiro atoms. The van der Waals surface area contributed by atoms with E-state index in [1.54, 1.807) is 0 Å². The summed E-state index contributed by atoms with van der Waals surface area (Å²) in [4.78, 5) is 28.2. The molecule has 3 aliphatic rings. The summed E-state index contributed by atoms with van der Waals surface area (Å²) in [5.74, 6) is 0.420. The molecule has 2 atom stereocenters. The van der Waals surface area contributed by atoms with Crippen LogP contribution in [0.3, 0.4) is 0 Å². The highest BCUT2D eigenvalue weighted by Crippen LogP contribution is 2.45. The number of benzene rings is 3. The minimum atomic E-state index is -0.223. The number of Topliss-reactive ketones (excluding diaryl/α,β-unsaturated/α-hetero) is 1. The second kappa shape index (κ2) is 11.1. The Kier molecular flexibility index (Phi) is 7.28. The van der Waals surface area contributed by atoms with Gasteiger partial charge < -0.3 is 14.4 Å². The molecule has 2 saturated heterocycles. The summed E-state index contributed by atoms with van der Waals surface area (Å²) in [6, 6.07) is 27.1. The van der Waals surface area contributed by atoms with Gasteiger partial charge in [0.15, 0.2) is 0 Å². The van der Waals surface area contributed by atoms with Crippen LogP contribution in [-0.4, -0.2) is 42.1 Å². The molecular formula is C33H35NO4. The fraction of sp³-hybridized carbons (Fsp3) is 0.394. The normalized spacial score (nSPS) is 21.7. The van der Waals surface area contributed by atoms with Gasteiger partial charge in [-0.1, -0.05) is 78.9 Å². The van der Waals surface area contributed by atoms with Crippen LogP contribution in [0.25, 0.3) is 11.1 Å². The van der Waals surface area contributed by atoms with Gasteiger partial charge in [-0.15, -0.1) is 0 Å². The Morgan fingerprint density at radius 2 is 1.39 bits per heavy atom. The molecule has 3 aromatic carbocycles. The Balaban J connectivity index is 0.996. The van der Waals surface area contributed by atoms with Gasteiger partial charge in [0.25, 0.3) is 0 Å². The van der Waals surface area contributed by atoms with Crippen LogP contribution < -0.4 is 0 Å². The van der Waals surface area contributed by atoms with Gasteiger partial charge in [-0.25, -0.2) is 4.79 Å². The monoisotopic (exact) mass is 509 g/mol. The summed E-state index contributed by atoms with van der Waals surface area (Å²) in [5.41, 5.74) is 6.06. The van der Waals surface area contributed by atoms with E-state index in [4.69, 9.17) is 9.47 Å². The number of hydrogen-bond acceptors (Lipinski definition) is 4. The maximum absolute atomic E-state index is 13.3. The molecule has 5 nitrogen and oxygen atoms in total. The second-order valence-corrected chi connectivity index (χ2v) is 10.9. The number of hydrogen-bond donors (Lipinski definition) is 0. The van der Waals surface area contributed by atoms with Gasteiger partial charge in [0.05, 0.1) is 6.61 Å². The molecule has 196 valence electrons.